The Morgan fingerprint density at radius 3 is 2.67 bits per heavy atom. The first kappa shape index (κ1) is 18.8. The third-order valence-electron chi connectivity index (χ3n) is 4.26. The number of para-hydroxylation sites is 1. The van der Waals surface area contributed by atoms with Crippen LogP contribution < -0.4 is 10.6 Å². The molecule has 0 bridgehead atoms. The molecular formula is C21H25N5O. The van der Waals surface area contributed by atoms with E-state index < -0.39 is 0 Å². The molecule has 3 aromatic rings. The molecule has 140 valence electrons. The molecule has 6 nitrogen and oxygen atoms in total. The van der Waals surface area contributed by atoms with Crippen LogP contribution >= 0.6 is 0 Å². The summed E-state index contributed by atoms with van der Waals surface area (Å²) in [7, 11) is 0. The summed E-state index contributed by atoms with van der Waals surface area (Å²) >= 11 is 0. The Morgan fingerprint density at radius 1 is 1.04 bits per heavy atom. The SMILES string of the molecule is CCc1cccc(C)c1Nc1cc(-c2ccccn2)nc(NCCCO)n1. The Morgan fingerprint density at radius 2 is 1.93 bits per heavy atom. The summed E-state index contributed by atoms with van der Waals surface area (Å²) in [6.45, 7) is 4.96. The van der Waals surface area contributed by atoms with E-state index in [0.29, 0.717) is 24.7 Å². The van der Waals surface area contributed by atoms with Gasteiger partial charge in [0, 0.05) is 31.1 Å². The summed E-state index contributed by atoms with van der Waals surface area (Å²) < 4.78 is 0. The van der Waals surface area contributed by atoms with Crippen molar-refractivity contribution in [3.05, 3.63) is 59.8 Å². The molecule has 0 aliphatic rings. The van der Waals surface area contributed by atoms with Gasteiger partial charge in [-0.25, -0.2) is 4.98 Å². The monoisotopic (exact) mass is 363 g/mol. The quantitative estimate of drug-likeness (QED) is 0.526. The van der Waals surface area contributed by atoms with Gasteiger partial charge in [0.25, 0.3) is 0 Å². The predicted molar refractivity (Wildman–Crippen MR) is 109 cm³/mol. The number of rotatable bonds is 8. The van der Waals surface area contributed by atoms with Crippen molar-refractivity contribution in [2.75, 3.05) is 23.8 Å². The van der Waals surface area contributed by atoms with E-state index in [1.165, 1.54) is 11.1 Å². The zero-order chi connectivity index (χ0) is 19.1. The normalized spacial score (nSPS) is 10.6. The number of hydrogen-bond acceptors (Lipinski definition) is 6. The van der Waals surface area contributed by atoms with E-state index in [2.05, 4.69) is 57.6 Å². The molecular weight excluding hydrogens is 338 g/mol. The van der Waals surface area contributed by atoms with Gasteiger partial charge in [-0.05, 0) is 43.0 Å². The molecule has 0 spiro atoms. The Balaban J connectivity index is 1.97. The van der Waals surface area contributed by atoms with Gasteiger partial charge in [0.05, 0.1) is 11.4 Å². The van der Waals surface area contributed by atoms with Gasteiger partial charge in [0.1, 0.15) is 5.82 Å². The van der Waals surface area contributed by atoms with Crippen molar-refractivity contribution < 1.29 is 5.11 Å². The fraction of sp³-hybridized carbons (Fsp3) is 0.286. The minimum absolute atomic E-state index is 0.126. The second-order valence-electron chi connectivity index (χ2n) is 6.27. The van der Waals surface area contributed by atoms with E-state index in [0.717, 1.165) is 23.5 Å². The van der Waals surface area contributed by atoms with Crippen LogP contribution in [-0.4, -0.2) is 33.2 Å². The topological polar surface area (TPSA) is 83.0 Å². The van der Waals surface area contributed by atoms with Gasteiger partial charge >= 0.3 is 0 Å². The standard InChI is InChI=1S/C21H25N5O/c1-3-16-9-6-8-15(2)20(16)25-19-14-18(17-10-4-5-11-22-17)24-21(26-19)23-12-7-13-27/h4-6,8-11,14,27H,3,7,12-13H2,1-2H3,(H2,23,24,25,26). The molecule has 0 atom stereocenters. The molecule has 0 radical (unpaired) electrons. The van der Waals surface area contributed by atoms with Crippen LogP contribution in [0.1, 0.15) is 24.5 Å². The van der Waals surface area contributed by atoms with Crippen molar-refractivity contribution in [1.82, 2.24) is 15.0 Å². The van der Waals surface area contributed by atoms with Crippen molar-refractivity contribution in [1.29, 1.82) is 0 Å². The van der Waals surface area contributed by atoms with Crippen LogP contribution in [0.3, 0.4) is 0 Å². The average molecular weight is 363 g/mol. The molecule has 27 heavy (non-hydrogen) atoms. The van der Waals surface area contributed by atoms with Crippen molar-refractivity contribution in [3.63, 3.8) is 0 Å². The van der Waals surface area contributed by atoms with Crippen molar-refractivity contribution in [3.8, 4) is 11.4 Å². The Bertz CT molecular complexity index is 883. The number of benzene rings is 1. The first-order valence-electron chi connectivity index (χ1n) is 9.22. The van der Waals surface area contributed by atoms with Gasteiger partial charge in [-0.1, -0.05) is 31.2 Å². The van der Waals surface area contributed by atoms with Crippen LogP contribution in [0.25, 0.3) is 11.4 Å². The summed E-state index contributed by atoms with van der Waals surface area (Å²) in [6, 6.07) is 13.9. The molecule has 0 saturated carbocycles. The summed E-state index contributed by atoms with van der Waals surface area (Å²) in [5.74, 6) is 1.22. The van der Waals surface area contributed by atoms with E-state index in [-0.39, 0.29) is 6.61 Å². The Hall–Kier alpha value is -2.99. The Kier molecular flexibility index (Phi) is 6.33. The van der Waals surface area contributed by atoms with Crippen molar-refractivity contribution in [2.24, 2.45) is 0 Å². The van der Waals surface area contributed by atoms with Crippen LogP contribution in [0.15, 0.2) is 48.7 Å². The molecule has 0 fully saturated rings. The van der Waals surface area contributed by atoms with Gasteiger partial charge in [-0.2, -0.15) is 4.98 Å². The van der Waals surface area contributed by atoms with E-state index in [9.17, 15) is 0 Å². The fourth-order valence-corrected chi connectivity index (χ4v) is 2.85. The second kappa shape index (κ2) is 9.09. The summed E-state index contributed by atoms with van der Waals surface area (Å²) in [4.78, 5) is 13.6. The minimum Gasteiger partial charge on any atom is -0.396 e. The predicted octanol–water partition coefficient (Wildman–Crippen LogP) is 3.95. The van der Waals surface area contributed by atoms with Gasteiger partial charge in [0.2, 0.25) is 5.95 Å². The highest BCUT2D eigenvalue weighted by Crippen LogP contribution is 2.27. The maximum absolute atomic E-state index is 9.01. The molecule has 0 saturated heterocycles. The lowest BCUT2D eigenvalue weighted by Gasteiger charge is -2.15. The zero-order valence-corrected chi connectivity index (χ0v) is 15.7. The first-order chi connectivity index (χ1) is 13.2. The third kappa shape index (κ3) is 4.80. The molecule has 0 aliphatic carbocycles. The summed E-state index contributed by atoms with van der Waals surface area (Å²) in [5.41, 5.74) is 5.01. The first-order valence-corrected chi connectivity index (χ1v) is 9.22. The van der Waals surface area contributed by atoms with Crippen LogP contribution in [0.2, 0.25) is 0 Å². The lowest BCUT2D eigenvalue weighted by molar-refractivity contribution is 0.292. The minimum atomic E-state index is 0.126. The number of hydrogen-bond donors (Lipinski definition) is 3. The lowest BCUT2D eigenvalue weighted by Crippen LogP contribution is -2.09. The van der Waals surface area contributed by atoms with Crippen LogP contribution in [0, 0.1) is 6.92 Å². The number of nitrogens with one attached hydrogen (secondary N) is 2. The highest BCUT2D eigenvalue weighted by molar-refractivity contribution is 5.69. The number of aromatic nitrogens is 3. The van der Waals surface area contributed by atoms with Crippen LogP contribution in [0.5, 0.6) is 0 Å². The average Bonchev–Trinajstić information content (AvgIpc) is 2.70. The molecule has 6 heteroatoms. The largest absolute Gasteiger partial charge is 0.396 e. The lowest BCUT2D eigenvalue weighted by atomic mass is 10.1. The summed E-state index contributed by atoms with van der Waals surface area (Å²) in [6.07, 6.45) is 3.32. The molecule has 0 amide bonds. The molecule has 2 heterocycles. The summed E-state index contributed by atoms with van der Waals surface area (Å²) in [5, 5.41) is 15.7. The second-order valence-corrected chi connectivity index (χ2v) is 6.27. The Labute approximate surface area is 159 Å². The van der Waals surface area contributed by atoms with Crippen molar-refractivity contribution in [2.45, 2.75) is 26.7 Å². The molecule has 0 aliphatic heterocycles. The maximum atomic E-state index is 9.01. The van der Waals surface area contributed by atoms with E-state index in [1.54, 1.807) is 6.20 Å². The van der Waals surface area contributed by atoms with Gasteiger partial charge in [-0.15, -0.1) is 0 Å². The molecule has 0 unspecified atom stereocenters. The maximum Gasteiger partial charge on any atom is 0.225 e. The molecule has 3 rings (SSSR count). The smallest absolute Gasteiger partial charge is 0.225 e. The van der Waals surface area contributed by atoms with E-state index >= 15 is 0 Å². The molecule has 2 aromatic heterocycles. The number of aliphatic hydroxyl groups is 1. The van der Waals surface area contributed by atoms with Crippen LogP contribution in [0.4, 0.5) is 17.5 Å². The third-order valence-corrected chi connectivity index (χ3v) is 4.26. The number of pyridine rings is 1. The van der Waals surface area contributed by atoms with Gasteiger partial charge in [0.15, 0.2) is 0 Å². The van der Waals surface area contributed by atoms with E-state index in [1.807, 2.05) is 24.3 Å². The highest BCUT2D eigenvalue weighted by atomic mass is 16.3. The number of nitrogens with zero attached hydrogens (tertiary/aromatic N) is 3. The number of aliphatic hydroxyl groups excluding tert-OH is 1. The number of anilines is 3. The fourth-order valence-electron chi connectivity index (χ4n) is 2.85. The number of aryl methyl sites for hydroxylation is 2. The van der Waals surface area contributed by atoms with Crippen molar-refractivity contribution >= 4 is 17.5 Å². The zero-order valence-electron chi connectivity index (χ0n) is 15.7. The van der Waals surface area contributed by atoms with E-state index in [4.69, 9.17) is 5.11 Å². The molecule has 3 N–H and O–H groups in total. The van der Waals surface area contributed by atoms with Crippen LogP contribution in [-0.2, 0) is 6.42 Å². The highest BCUT2D eigenvalue weighted by Gasteiger charge is 2.10. The van der Waals surface area contributed by atoms with Gasteiger partial charge < -0.3 is 15.7 Å². The van der Waals surface area contributed by atoms with Gasteiger partial charge in [-0.3, -0.25) is 4.98 Å². The molecule has 1 aromatic carbocycles.